The highest BCUT2D eigenvalue weighted by Gasteiger charge is 1.98. The Morgan fingerprint density at radius 3 is 3.40 bits per heavy atom. The van der Waals surface area contributed by atoms with Gasteiger partial charge in [-0.25, -0.2) is 9.98 Å². The van der Waals surface area contributed by atoms with Crippen LogP contribution < -0.4 is 11.1 Å². The molecule has 0 aliphatic carbocycles. The van der Waals surface area contributed by atoms with E-state index in [1.54, 1.807) is 6.21 Å². The van der Waals surface area contributed by atoms with Crippen molar-refractivity contribution in [2.45, 2.75) is 6.04 Å². The zero-order valence-electron chi connectivity index (χ0n) is 5.62. The molecule has 1 aliphatic rings. The fraction of sp³-hybridized carbons (Fsp3) is 0.333. The molecule has 1 heterocycles. The van der Waals surface area contributed by atoms with E-state index < -0.39 is 0 Å². The molecule has 54 valence electrons. The Kier molecular flexibility index (Phi) is 2.17. The Morgan fingerprint density at radius 2 is 2.60 bits per heavy atom. The van der Waals surface area contributed by atoms with Crippen LogP contribution in [0.4, 0.5) is 0 Å². The Labute approximate surface area is 59.5 Å². The van der Waals surface area contributed by atoms with Gasteiger partial charge in [-0.05, 0) is 0 Å². The van der Waals surface area contributed by atoms with Crippen molar-refractivity contribution in [3.8, 4) is 0 Å². The average molecular weight is 138 g/mol. The third kappa shape index (κ3) is 1.99. The Balaban J connectivity index is 2.61. The van der Waals surface area contributed by atoms with Gasteiger partial charge in [-0.3, -0.25) is 0 Å². The van der Waals surface area contributed by atoms with Crippen molar-refractivity contribution >= 4 is 12.6 Å². The van der Waals surface area contributed by atoms with Crippen molar-refractivity contribution in [1.82, 2.24) is 5.32 Å². The molecule has 4 nitrogen and oxygen atoms in total. The first kappa shape index (κ1) is 6.95. The third-order valence-electron chi connectivity index (χ3n) is 1.10. The summed E-state index contributed by atoms with van der Waals surface area (Å²) in [7, 11) is 0. The first-order valence-electron chi connectivity index (χ1n) is 3.03. The lowest BCUT2D eigenvalue weighted by Gasteiger charge is -2.09. The third-order valence-corrected chi connectivity index (χ3v) is 1.10. The molecule has 0 saturated heterocycles. The van der Waals surface area contributed by atoms with Crippen molar-refractivity contribution < 1.29 is 0 Å². The van der Waals surface area contributed by atoms with E-state index in [1.807, 2.05) is 0 Å². The van der Waals surface area contributed by atoms with Crippen LogP contribution >= 0.6 is 0 Å². The topological polar surface area (TPSA) is 62.8 Å². The molecule has 0 aromatic rings. The summed E-state index contributed by atoms with van der Waals surface area (Å²) in [5, 5.41) is 2.93. The first-order chi connectivity index (χ1) is 4.79. The molecular formula is C6H10N4. The van der Waals surface area contributed by atoms with Crippen LogP contribution in [0.15, 0.2) is 22.4 Å². The van der Waals surface area contributed by atoms with Crippen molar-refractivity contribution in [2.75, 3.05) is 6.54 Å². The number of rotatable bonds is 0. The maximum atomic E-state index is 5.55. The zero-order valence-corrected chi connectivity index (χ0v) is 5.62. The zero-order chi connectivity index (χ0) is 7.40. The summed E-state index contributed by atoms with van der Waals surface area (Å²) in [5.41, 5.74) is 5.55. The molecule has 1 rings (SSSR count). The fourth-order valence-corrected chi connectivity index (χ4v) is 0.586. The number of nitrogens with one attached hydrogen (secondary N) is 1. The normalized spacial score (nSPS) is 31.7. The molecular weight excluding hydrogens is 128 g/mol. The Hall–Kier alpha value is -1.16. The lowest BCUT2D eigenvalue weighted by atomic mass is 10.3. The van der Waals surface area contributed by atoms with E-state index in [-0.39, 0.29) is 6.04 Å². The van der Waals surface area contributed by atoms with Gasteiger partial charge in [-0.1, -0.05) is 6.58 Å². The van der Waals surface area contributed by atoms with Crippen LogP contribution in [-0.4, -0.2) is 25.1 Å². The molecule has 4 heteroatoms. The first-order valence-corrected chi connectivity index (χ1v) is 3.03. The van der Waals surface area contributed by atoms with E-state index >= 15 is 0 Å². The molecule has 0 amide bonds. The number of nitrogens with zero attached hydrogens (tertiary/aromatic N) is 2. The van der Waals surface area contributed by atoms with Gasteiger partial charge in [0, 0.05) is 12.8 Å². The van der Waals surface area contributed by atoms with E-state index in [1.165, 1.54) is 6.34 Å². The molecule has 3 N–H and O–H groups in total. The van der Waals surface area contributed by atoms with Gasteiger partial charge in [0.2, 0.25) is 0 Å². The van der Waals surface area contributed by atoms with Gasteiger partial charge in [0.05, 0.1) is 6.04 Å². The van der Waals surface area contributed by atoms with Gasteiger partial charge >= 0.3 is 0 Å². The highest BCUT2D eigenvalue weighted by atomic mass is 15.1. The second-order valence-electron chi connectivity index (χ2n) is 2.03. The molecule has 0 spiro atoms. The number of hydrogen-bond acceptors (Lipinski definition) is 4. The SMILES string of the molecule is C=C1/N=C\N=C/C(N)CN1. The summed E-state index contributed by atoms with van der Waals surface area (Å²) in [6.45, 7) is 4.25. The minimum Gasteiger partial charge on any atom is -0.369 e. The molecule has 0 saturated carbocycles. The van der Waals surface area contributed by atoms with E-state index in [4.69, 9.17) is 5.73 Å². The van der Waals surface area contributed by atoms with Crippen LogP contribution in [0.25, 0.3) is 0 Å². The summed E-state index contributed by atoms with van der Waals surface area (Å²) in [4.78, 5) is 7.65. The van der Waals surface area contributed by atoms with Gasteiger partial charge in [0.15, 0.2) is 0 Å². The van der Waals surface area contributed by atoms with Crippen LogP contribution in [0.1, 0.15) is 0 Å². The molecule has 0 aromatic carbocycles. The molecule has 1 aliphatic heterocycles. The maximum absolute atomic E-state index is 5.55. The van der Waals surface area contributed by atoms with Gasteiger partial charge < -0.3 is 11.1 Å². The summed E-state index contributed by atoms with van der Waals surface area (Å²) in [5.74, 6) is 0.604. The van der Waals surface area contributed by atoms with E-state index in [0.717, 1.165) is 0 Å². The van der Waals surface area contributed by atoms with Crippen molar-refractivity contribution in [1.29, 1.82) is 0 Å². The van der Waals surface area contributed by atoms with E-state index in [9.17, 15) is 0 Å². The maximum Gasteiger partial charge on any atom is 0.120 e. The fourth-order valence-electron chi connectivity index (χ4n) is 0.586. The predicted octanol–water partition coefficient (Wildman–Crippen LogP) is -0.513. The minimum atomic E-state index is -0.0523. The highest BCUT2D eigenvalue weighted by Crippen LogP contribution is 1.87. The van der Waals surface area contributed by atoms with Gasteiger partial charge in [0.25, 0.3) is 0 Å². The predicted molar refractivity (Wildman–Crippen MR) is 42.1 cm³/mol. The minimum absolute atomic E-state index is 0.0523. The van der Waals surface area contributed by atoms with Crippen molar-refractivity contribution in [3.63, 3.8) is 0 Å². The quantitative estimate of drug-likeness (QED) is 0.473. The monoisotopic (exact) mass is 138 g/mol. The summed E-state index contributed by atoms with van der Waals surface area (Å²) < 4.78 is 0. The second kappa shape index (κ2) is 3.12. The summed E-state index contributed by atoms with van der Waals surface area (Å²) in [6.07, 6.45) is 3.07. The highest BCUT2D eigenvalue weighted by molar-refractivity contribution is 5.76. The smallest absolute Gasteiger partial charge is 0.120 e. The van der Waals surface area contributed by atoms with Crippen LogP contribution in [0.3, 0.4) is 0 Å². The number of aliphatic imine (C=N–C) groups is 2. The lowest BCUT2D eigenvalue weighted by molar-refractivity contribution is 0.737. The van der Waals surface area contributed by atoms with Gasteiger partial charge in [-0.15, -0.1) is 0 Å². The lowest BCUT2D eigenvalue weighted by Crippen LogP contribution is -2.34. The van der Waals surface area contributed by atoms with Crippen molar-refractivity contribution in [3.05, 3.63) is 12.4 Å². The molecule has 0 bridgehead atoms. The van der Waals surface area contributed by atoms with Crippen LogP contribution in [0.5, 0.6) is 0 Å². The summed E-state index contributed by atoms with van der Waals surface area (Å²) in [6, 6.07) is -0.0523. The number of hydrogen-bond donors (Lipinski definition) is 2. The van der Waals surface area contributed by atoms with Crippen LogP contribution in [-0.2, 0) is 0 Å². The van der Waals surface area contributed by atoms with Crippen molar-refractivity contribution in [2.24, 2.45) is 15.7 Å². The summed E-state index contributed by atoms with van der Waals surface area (Å²) >= 11 is 0. The number of nitrogens with two attached hydrogens (primary N) is 1. The Morgan fingerprint density at radius 1 is 1.80 bits per heavy atom. The standard InChI is InChI=1S/C6H10N4/c1-5-9-3-6(7)2-8-4-10-5/h2,4,6,9H,1,3,7H2/b8-2-,10-4-. The Bertz CT molecular complexity index is 182. The van der Waals surface area contributed by atoms with Gasteiger partial charge in [0.1, 0.15) is 12.2 Å². The van der Waals surface area contributed by atoms with Crippen LogP contribution in [0, 0.1) is 0 Å². The molecule has 0 radical (unpaired) electrons. The molecule has 0 fully saturated rings. The van der Waals surface area contributed by atoms with Gasteiger partial charge in [-0.2, -0.15) is 0 Å². The second-order valence-corrected chi connectivity index (χ2v) is 2.03. The average Bonchev–Trinajstić information content (AvgIpc) is 1.90. The largest absolute Gasteiger partial charge is 0.369 e. The molecule has 1 unspecified atom stereocenters. The molecule has 10 heavy (non-hydrogen) atoms. The molecule has 0 aromatic heterocycles. The van der Waals surface area contributed by atoms with Crippen LogP contribution in [0.2, 0.25) is 0 Å². The van der Waals surface area contributed by atoms with E-state index in [2.05, 4.69) is 21.9 Å². The molecule has 1 atom stereocenters. The van der Waals surface area contributed by atoms with E-state index in [0.29, 0.717) is 12.4 Å².